The van der Waals surface area contributed by atoms with E-state index in [9.17, 15) is 4.21 Å². The molecule has 0 unspecified atom stereocenters. The molecule has 0 aromatic heterocycles. The summed E-state index contributed by atoms with van der Waals surface area (Å²) in [5.41, 5.74) is 0. The van der Waals surface area contributed by atoms with Crippen LogP contribution in [0.5, 0.6) is 0 Å². The van der Waals surface area contributed by atoms with Gasteiger partial charge in [0.25, 0.3) is 0 Å². The molecule has 0 N–H and O–H groups in total. The highest BCUT2D eigenvalue weighted by molar-refractivity contribution is 7.66. The van der Waals surface area contributed by atoms with Crippen molar-refractivity contribution in [2.24, 2.45) is 0 Å². The van der Waals surface area contributed by atoms with Crippen molar-refractivity contribution in [3.63, 3.8) is 0 Å². The third-order valence-electron chi connectivity index (χ3n) is 1.91. The summed E-state index contributed by atoms with van der Waals surface area (Å²) in [6.45, 7) is 0. The summed E-state index contributed by atoms with van der Waals surface area (Å²) in [5, 5.41) is 2.50. The largest absolute Gasteiger partial charge is 0.507 e. The predicted octanol–water partition coefficient (Wildman–Crippen LogP) is 3.28. The number of rotatable bonds is 1. The average Bonchev–Trinajstić information content (AvgIpc) is 2.18. The van der Waals surface area contributed by atoms with Crippen LogP contribution in [-0.2, 0) is 15.9 Å². The lowest BCUT2D eigenvalue weighted by atomic mass is 10.1. The summed E-state index contributed by atoms with van der Waals surface area (Å²) in [4.78, 5) is 0.611. The van der Waals surface area contributed by atoms with Crippen LogP contribution in [0.25, 0.3) is 10.8 Å². The van der Waals surface area contributed by atoms with Crippen molar-refractivity contribution in [1.29, 1.82) is 0 Å². The van der Waals surface area contributed by atoms with Crippen LogP contribution in [0.3, 0.4) is 0 Å². The van der Waals surface area contributed by atoms with E-state index < -0.39 is 0 Å². The zero-order valence-electron chi connectivity index (χ0n) is 6.66. The van der Waals surface area contributed by atoms with E-state index in [0.29, 0.717) is 21.6 Å². The first-order chi connectivity index (χ1) is 6.33. The van der Waals surface area contributed by atoms with Crippen LogP contribution in [-0.4, -0.2) is 0 Å². The number of hydrogen-bond acceptors (Lipinski definition) is 1. The molecule has 0 saturated heterocycles. The van der Waals surface area contributed by atoms with E-state index in [1.807, 2.05) is 30.3 Å². The average molecular weight is 210 g/mol. The Kier molecular flexibility index (Phi) is 2.25. The zero-order chi connectivity index (χ0) is 9.26. The van der Waals surface area contributed by atoms with E-state index in [1.165, 1.54) is 0 Å². The maximum absolute atomic E-state index is 10.8. The predicted molar refractivity (Wildman–Crippen MR) is 55.3 cm³/mol. The van der Waals surface area contributed by atoms with E-state index in [2.05, 4.69) is 0 Å². The molecule has 0 aliphatic carbocycles. The van der Waals surface area contributed by atoms with Gasteiger partial charge in [0.15, 0.2) is 0 Å². The summed E-state index contributed by atoms with van der Waals surface area (Å²) in [6, 6.07) is 11.4. The Labute approximate surface area is 84.8 Å². The number of hydrogen-bond donors (Lipinski definition) is 0. The first-order valence-electron chi connectivity index (χ1n) is 3.80. The lowest BCUT2D eigenvalue weighted by molar-refractivity contribution is 0.605. The van der Waals surface area contributed by atoms with Crippen molar-refractivity contribution >= 4 is 34.0 Å². The molecular formula is C10H6ClOS+. The van der Waals surface area contributed by atoms with E-state index >= 15 is 0 Å². The normalized spacial score (nSPS) is 10.2. The van der Waals surface area contributed by atoms with Gasteiger partial charge in [-0.3, -0.25) is 0 Å². The van der Waals surface area contributed by atoms with Crippen LogP contribution >= 0.6 is 11.6 Å². The molecule has 0 heterocycles. The maximum Gasteiger partial charge on any atom is 0.507 e. The summed E-state index contributed by atoms with van der Waals surface area (Å²) < 4.78 is 10.8. The minimum Gasteiger partial charge on any atom is -0.0779 e. The molecule has 0 spiro atoms. The van der Waals surface area contributed by atoms with E-state index in [-0.39, 0.29) is 0 Å². The first-order valence-corrected chi connectivity index (χ1v) is 4.92. The van der Waals surface area contributed by atoms with Crippen LogP contribution in [0, 0.1) is 0 Å². The molecule has 0 amide bonds. The first kappa shape index (κ1) is 8.60. The summed E-state index contributed by atoms with van der Waals surface area (Å²) in [5.74, 6) is 0. The van der Waals surface area contributed by atoms with E-state index in [0.717, 1.165) is 10.8 Å². The summed E-state index contributed by atoms with van der Waals surface area (Å²) in [7, 11) is 0. The third kappa shape index (κ3) is 1.43. The Morgan fingerprint density at radius 3 is 2.62 bits per heavy atom. The molecule has 2 aromatic carbocycles. The van der Waals surface area contributed by atoms with Gasteiger partial charge in [-0.1, -0.05) is 35.9 Å². The Hall–Kier alpha value is -0.990. The molecule has 0 bridgehead atoms. The molecule has 0 saturated carbocycles. The molecule has 1 nitrogen and oxygen atoms in total. The second-order valence-corrected chi connectivity index (χ2v) is 3.66. The van der Waals surface area contributed by atoms with Gasteiger partial charge < -0.3 is 0 Å². The van der Waals surface area contributed by atoms with Crippen LogP contribution < -0.4 is 0 Å². The zero-order valence-corrected chi connectivity index (χ0v) is 8.23. The lowest BCUT2D eigenvalue weighted by Crippen LogP contribution is -1.80. The van der Waals surface area contributed by atoms with Gasteiger partial charge in [0, 0.05) is 4.21 Å². The minimum absolute atomic E-state index is 0.443. The monoisotopic (exact) mass is 209 g/mol. The highest BCUT2D eigenvalue weighted by Gasteiger charge is 2.16. The SMILES string of the molecule is O=[S+]c1c(Cl)ccc2ccccc12. The Balaban J connectivity index is 2.91. The number of benzene rings is 2. The molecule has 2 aromatic rings. The van der Waals surface area contributed by atoms with E-state index in [4.69, 9.17) is 11.6 Å². The fraction of sp³-hybridized carbons (Fsp3) is 0. The summed E-state index contributed by atoms with van der Waals surface area (Å²) in [6.07, 6.45) is 0. The summed E-state index contributed by atoms with van der Waals surface area (Å²) >= 11 is 6.33. The van der Waals surface area contributed by atoms with Crippen molar-refractivity contribution in [1.82, 2.24) is 0 Å². The quantitative estimate of drug-likeness (QED) is 0.659. The third-order valence-corrected chi connectivity index (χ3v) is 2.95. The molecule has 0 radical (unpaired) electrons. The minimum atomic E-state index is 0.443. The Morgan fingerprint density at radius 1 is 1.08 bits per heavy atom. The van der Waals surface area contributed by atoms with Crippen molar-refractivity contribution in [3.8, 4) is 0 Å². The molecule has 0 fully saturated rings. The standard InChI is InChI=1S/C10H6ClOS/c11-9-6-5-7-3-1-2-4-8(7)10(9)13-12/h1-6H/q+1. The fourth-order valence-corrected chi connectivity index (χ4v) is 1.98. The van der Waals surface area contributed by atoms with Crippen molar-refractivity contribution in [2.45, 2.75) is 4.90 Å². The van der Waals surface area contributed by atoms with E-state index in [1.54, 1.807) is 6.07 Å². The molecule has 64 valence electrons. The molecule has 13 heavy (non-hydrogen) atoms. The van der Waals surface area contributed by atoms with Crippen LogP contribution in [0.4, 0.5) is 0 Å². The van der Waals surface area contributed by atoms with Gasteiger partial charge in [-0.15, -0.1) is 0 Å². The highest BCUT2D eigenvalue weighted by atomic mass is 35.5. The molecule has 0 aliphatic heterocycles. The number of halogens is 1. The molecule has 2 rings (SSSR count). The van der Waals surface area contributed by atoms with Gasteiger partial charge in [0.2, 0.25) is 0 Å². The molecule has 3 heteroatoms. The van der Waals surface area contributed by atoms with Crippen LogP contribution in [0.15, 0.2) is 41.3 Å². The fourth-order valence-electron chi connectivity index (χ4n) is 1.30. The van der Waals surface area contributed by atoms with Gasteiger partial charge in [-0.2, -0.15) is 0 Å². The van der Waals surface area contributed by atoms with Gasteiger partial charge in [-0.05, 0) is 17.5 Å². The smallest absolute Gasteiger partial charge is 0.0779 e. The highest BCUT2D eigenvalue weighted by Crippen LogP contribution is 2.25. The topological polar surface area (TPSA) is 17.1 Å². The van der Waals surface area contributed by atoms with Crippen LogP contribution in [0.2, 0.25) is 5.02 Å². The maximum atomic E-state index is 10.8. The van der Waals surface area contributed by atoms with Gasteiger partial charge >= 0.3 is 16.6 Å². The Bertz CT molecular complexity index is 467. The number of fused-ring (bicyclic) bond motifs is 1. The second kappa shape index (κ2) is 3.40. The molecule has 0 aliphatic rings. The van der Waals surface area contributed by atoms with Crippen molar-refractivity contribution in [3.05, 3.63) is 41.4 Å². The molecular weight excluding hydrogens is 204 g/mol. The van der Waals surface area contributed by atoms with Gasteiger partial charge in [-0.25, -0.2) is 0 Å². The van der Waals surface area contributed by atoms with Crippen molar-refractivity contribution in [2.75, 3.05) is 0 Å². The Morgan fingerprint density at radius 2 is 1.85 bits per heavy atom. The van der Waals surface area contributed by atoms with Crippen LogP contribution in [0.1, 0.15) is 0 Å². The lowest BCUT2D eigenvalue weighted by Gasteiger charge is -1.94. The van der Waals surface area contributed by atoms with Crippen molar-refractivity contribution < 1.29 is 4.21 Å². The van der Waals surface area contributed by atoms with Gasteiger partial charge in [0.05, 0.1) is 5.39 Å². The molecule has 0 atom stereocenters. The van der Waals surface area contributed by atoms with Gasteiger partial charge in [0.1, 0.15) is 5.02 Å². The second-order valence-electron chi connectivity index (χ2n) is 2.68.